The lowest BCUT2D eigenvalue weighted by atomic mass is 9.86. The molecule has 1 amide bonds. The van der Waals surface area contributed by atoms with Gasteiger partial charge in [0.1, 0.15) is 0 Å². The predicted octanol–water partition coefficient (Wildman–Crippen LogP) is 2.98. The Morgan fingerprint density at radius 2 is 1.75 bits per heavy atom. The van der Waals surface area contributed by atoms with Crippen LogP contribution in [0.3, 0.4) is 0 Å². The highest BCUT2D eigenvalue weighted by Crippen LogP contribution is 2.22. The van der Waals surface area contributed by atoms with E-state index in [2.05, 4.69) is 26.1 Å². The van der Waals surface area contributed by atoms with Crippen LogP contribution in [0.4, 0.5) is 0 Å². The van der Waals surface area contributed by atoms with Crippen LogP contribution >= 0.6 is 0 Å². The van der Waals surface area contributed by atoms with Crippen molar-refractivity contribution in [2.45, 2.75) is 64.0 Å². The van der Waals surface area contributed by atoms with E-state index in [1.54, 1.807) is 0 Å². The van der Waals surface area contributed by atoms with Crippen molar-refractivity contribution in [3.05, 3.63) is 35.4 Å². The number of carbonyl (C=O) groups is 1. The fourth-order valence-electron chi connectivity index (χ4n) is 2.71. The minimum absolute atomic E-state index is 0.00666. The first kappa shape index (κ1) is 15.0. The quantitative estimate of drug-likeness (QED) is 0.871. The number of carbonyl (C=O) groups excluding carboxylic acids is 1. The average Bonchev–Trinajstić information content (AvgIpc) is 2.40. The number of nitrogens with two attached hydrogens (primary N) is 1. The van der Waals surface area contributed by atoms with Crippen molar-refractivity contribution in [2.75, 3.05) is 0 Å². The van der Waals surface area contributed by atoms with Crippen molar-refractivity contribution in [2.24, 2.45) is 5.73 Å². The summed E-state index contributed by atoms with van der Waals surface area (Å²) < 4.78 is 0. The topological polar surface area (TPSA) is 55.1 Å². The van der Waals surface area contributed by atoms with Gasteiger partial charge < -0.3 is 11.1 Å². The SMILES string of the molecule is CC(C)(C)c1ccc(C(=O)N[C@@H]2CCCC[C@H]2N)cc1. The molecular formula is C17H26N2O. The van der Waals surface area contributed by atoms with Gasteiger partial charge in [-0.25, -0.2) is 0 Å². The van der Waals surface area contributed by atoms with Gasteiger partial charge in [0.05, 0.1) is 0 Å². The van der Waals surface area contributed by atoms with Gasteiger partial charge >= 0.3 is 0 Å². The van der Waals surface area contributed by atoms with Gasteiger partial charge in [0.2, 0.25) is 0 Å². The van der Waals surface area contributed by atoms with Crippen LogP contribution in [-0.4, -0.2) is 18.0 Å². The fraction of sp³-hybridized carbons (Fsp3) is 0.588. The Bertz CT molecular complexity index is 459. The van der Waals surface area contributed by atoms with Crippen LogP contribution in [0, 0.1) is 0 Å². The number of nitrogens with one attached hydrogen (secondary N) is 1. The zero-order chi connectivity index (χ0) is 14.8. The van der Waals surface area contributed by atoms with Gasteiger partial charge in [-0.15, -0.1) is 0 Å². The van der Waals surface area contributed by atoms with Crippen LogP contribution in [0.2, 0.25) is 0 Å². The summed E-state index contributed by atoms with van der Waals surface area (Å²) in [5, 5.41) is 3.08. The van der Waals surface area contributed by atoms with Gasteiger partial charge in [-0.05, 0) is 36.0 Å². The maximum atomic E-state index is 12.3. The molecule has 1 saturated carbocycles. The first-order valence-corrected chi connectivity index (χ1v) is 7.55. The summed E-state index contributed by atoms with van der Waals surface area (Å²) >= 11 is 0. The monoisotopic (exact) mass is 274 g/mol. The van der Waals surface area contributed by atoms with E-state index in [4.69, 9.17) is 5.73 Å². The number of benzene rings is 1. The van der Waals surface area contributed by atoms with Gasteiger partial charge in [0.25, 0.3) is 5.91 Å². The molecule has 1 aromatic rings. The molecule has 20 heavy (non-hydrogen) atoms. The summed E-state index contributed by atoms with van der Waals surface area (Å²) in [5.74, 6) is -0.00666. The van der Waals surface area contributed by atoms with E-state index in [-0.39, 0.29) is 23.4 Å². The fourth-order valence-corrected chi connectivity index (χ4v) is 2.71. The summed E-state index contributed by atoms with van der Waals surface area (Å²) in [6.45, 7) is 6.51. The second-order valence-corrected chi connectivity index (χ2v) is 6.86. The molecule has 1 aliphatic carbocycles. The summed E-state index contributed by atoms with van der Waals surface area (Å²) in [7, 11) is 0. The van der Waals surface area contributed by atoms with Crippen molar-refractivity contribution in [1.82, 2.24) is 5.32 Å². The summed E-state index contributed by atoms with van der Waals surface area (Å²) in [6.07, 6.45) is 4.33. The van der Waals surface area contributed by atoms with Gasteiger partial charge in [0.15, 0.2) is 0 Å². The number of amides is 1. The summed E-state index contributed by atoms with van der Waals surface area (Å²) in [5.41, 5.74) is 8.14. The Hall–Kier alpha value is -1.35. The van der Waals surface area contributed by atoms with E-state index in [1.807, 2.05) is 24.3 Å². The Morgan fingerprint density at radius 3 is 2.30 bits per heavy atom. The highest BCUT2D eigenvalue weighted by Gasteiger charge is 2.23. The lowest BCUT2D eigenvalue weighted by molar-refractivity contribution is 0.0921. The van der Waals surface area contributed by atoms with Gasteiger partial charge in [-0.1, -0.05) is 45.7 Å². The molecule has 0 radical (unpaired) electrons. The highest BCUT2D eigenvalue weighted by molar-refractivity contribution is 5.94. The second kappa shape index (κ2) is 5.96. The van der Waals surface area contributed by atoms with E-state index >= 15 is 0 Å². The molecule has 110 valence electrons. The minimum atomic E-state index is -0.00666. The number of rotatable bonds is 2. The van der Waals surface area contributed by atoms with Crippen LogP contribution in [0.1, 0.15) is 62.4 Å². The van der Waals surface area contributed by atoms with Crippen LogP contribution in [0.25, 0.3) is 0 Å². The molecule has 3 N–H and O–H groups in total. The van der Waals surface area contributed by atoms with E-state index in [9.17, 15) is 4.79 Å². The van der Waals surface area contributed by atoms with E-state index in [1.165, 1.54) is 12.0 Å². The molecular weight excluding hydrogens is 248 g/mol. The molecule has 1 fully saturated rings. The predicted molar refractivity (Wildman–Crippen MR) is 82.8 cm³/mol. The van der Waals surface area contributed by atoms with E-state index in [0.29, 0.717) is 0 Å². The second-order valence-electron chi connectivity index (χ2n) is 6.86. The first-order valence-electron chi connectivity index (χ1n) is 7.55. The Labute approximate surface area is 121 Å². The molecule has 0 aliphatic heterocycles. The van der Waals surface area contributed by atoms with Crippen molar-refractivity contribution in [3.8, 4) is 0 Å². The molecule has 0 spiro atoms. The normalized spacial score (nSPS) is 23.4. The molecule has 0 unspecified atom stereocenters. The third kappa shape index (κ3) is 3.60. The molecule has 3 nitrogen and oxygen atoms in total. The molecule has 3 heteroatoms. The molecule has 0 saturated heterocycles. The molecule has 0 heterocycles. The third-order valence-corrected chi connectivity index (χ3v) is 4.15. The maximum absolute atomic E-state index is 12.3. The molecule has 2 atom stereocenters. The molecule has 2 rings (SSSR count). The highest BCUT2D eigenvalue weighted by atomic mass is 16.1. The molecule has 0 aromatic heterocycles. The minimum Gasteiger partial charge on any atom is -0.348 e. The van der Waals surface area contributed by atoms with Gasteiger partial charge in [-0.2, -0.15) is 0 Å². The van der Waals surface area contributed by atoms with Crippen LogP contribution in [-0.2, 0) is 5.41 Å². The molecule has 1 aliphatic rings. The smallest absolute Gasteiger partial charge is 0.251 e. The Morgan fingerprint density at radius 1 is 1.15 bits per heavy atom. The van der Waals surface area contributed by atoms with Crippen LogP contribution < -0.4 is 11.1 Å². The van der Waals surface area contributed by atoms with Crippen LogP contribution in [0.5, 0.6) is 0 Å². The maximum Gasteiger partial charge on any atom is 0.251 e. The standard InChI is InChI=1S/C17H26N2O/c1-17(2,3)13-10-8-12(9-11-13)16(20)19-15-7-5-4-6-14(15)18/h8-11,14-15H,4-7,18H2,1-3H3,(H,19,20)/t14-,15-/m1/s1. The average molecular weight is 274 g/mol. The Kier molecular flexibility index (Phi) is 4.48. The summed E-state index contributed by atoms with van der Waals surface area (Å²) in [6, 6.07) is 8.11. The number of hydrogen-bond acceptors (Lipinski definition) is 2. The van der Waals surface area contributed by atoms with Gasteiger partial charge in [-0.3, -0.25) is 4.79 Å². The van der Waals surface area contributed by atoms with Crippen molar-refractivity contribution in [1.29, 1.82) is 0 Å². The van der Waals surface area contributed by atoms with Crippen LogP contribution in [0.15, 0.2) is 24.3 Å². The molecule has 1 aromatic carbocycles. The van der Waals surface area contributed by atoms with Crippen molar-refractivity contribution >= 4 is 5.91 Å². The van der Waals surface area contributed by atoms with E-state index in [0.717, 1.165) is 24.8 Å². The third-order valence-electron chi connectivity index (χ3n) is 4.15. The Balaban J connectivity index is 2.02. The zero-order valence-electron chi connectivity index (χ0n) is 12.8. The van der Waals surface area contributed by atoms with Gasteiger partial charge in [0, 0.05) is 17.6 Å². The zero-order valence-corrected chi connectivity index (χ0v) is 12.8. The van der Waals surface area contributed by atoms with Crippen molar-refractivity contribution in [3.63, 3.8) is 0 Å². The van der Waals surface area contributed by atoms with Crippen molar-refractivity contribution < 1.29 is 4.79 Å². The van der Waals surface area contributed by atoms with E-state index < -0.39 is 0 Å². The lowest BCUT2D eigenvalue weighted by Gasteiger charge is -2.29. The number of hydrogen-bond donors (Lipinski definition) is 2. The molecule has 0 bridgehead atoms. The lowest BCUT2D eigenvalue weighted by Crippen LogP contribution is -2.49. The first-order chi connectivity index (χ1) is 9.38. The largest absolute Gasteiger partial charge is 0.348 e. The summed E-state index contributed by atoms with van der Waals surface area (Å²) in [4.78, 5) is 12.3.